The Morgan fingerprint density at radius 2 is 1.38 bits per heavy atom. The first-order chi connectivity index (χ1) is 17.9. The van der Waals surface area contributed by atoms with Crippen LogP contribution in [0.5, 0.6) is 0 Å². The van der Waals surface area contributed by atoms with Gasteiger partial charge in [0.1, 0.15) is 22.7 Å². The SMILES string of the molecule is Cc1cccc([N+](=O)O)c1-c1ccc(C=C2C(=O)N(c3ccccc3)C(=S)N(c3ccccc3)C2=O)o1. The van der Waals surface area contributed by atoms with Gasteiger partial charge in [-0.15, -0.1) is 0 Å². The van der Waals surface area contributed by atoms with E-state index >= 15 is 0 Å². The van der Waals surface area contributed by atoms with Crippen LogP contribution in [-0.4, -0.2) is 27.1 Å². The Bertz CT molecular complexity index is 1510. The van der Waals surface area contributed by atoms with Crippen LogP contribution in [0.1, 0.15) is 11.3 Å². The number of hydrogen-bond donors (Lipinski definition) is 1. The Morgan fingerprint density at radius 1 is 0.811 bits per heavy atom. The summed E-state index contributed by atoms with van der Waals surface area (Å²) >= 11 is 5.61. The molecule has 0 saturated carbocycles. The van der Waals surface area contributed by atoms with Gasteiger partial charge in [0, 0.05) is 6.07 Å². The maximum atomic E-state index is 13.6. The van der Waals surface area contributed by atoms with Crippen LogP contribution in [-0.2, 0) is 9.59 Å². The topological polar surface area (TPSA) is 94.1 Å². The van der Waals surface area contributed by atoms with Gasteiger partial charge in [0.2, 0.25) is 0 Å². The number of carbonyl (C=O) groups is 2. The number of para-hydroxylation sites is 2. The summed E-state index contributed by atoms with van der Waals surface area (Å²) in [5, 5.41) is 9.57. The third kappa shape index (κ3) is 4.32. The van der Waals surface area contributed by atoms with Gasteiger partial charge in [-0.2, -0.15) is 0 Å². The molecule has 182 valence electrons. The van der Waals surface area contributed by atoms with Gasteiger partial charge in [0.05, 0.1) is 16.3 Å². The second-order valence-corrected chi connectivity index (χ2v) is 8.60. The Kier molecular flexibility index (Phi) is 6.21. The minimum Gasteiger partial charge on any atom is -0.456 e. The molecule has 3 aromatic carbocycles. The van der Waals surface area contributed by atoms with Crippen molar-refractivity contribution in [3.63, 3.8) is 0 Å². The molecule has 1 N–H and O–H groups in total. The molecule has 0 radical (unpaired) electrons. The third-order valence-electron chi connectivity index (χ3n) is 5.90. The van der Waals surface area contributed by atoms with Crippen molar-refractivity contribution in [2.45, 2.75) is 6.92 Å². The van der Waals surface area contributed by atoms with Crippen molar-refractivity contribution in [3.8, 4) is 11.3 Å². The number of amides is 2. The van der Waals surface area contributed by atoms with Gasteiger partial charge in [-0.3, -0.25) is 19.4 Å². The number of carbonyl (C=O) groups excluding carboxylic acids is 2. The highest BCUT2D eigenvalue weighted by molar-refractivity contribution is 7.81. The minimum atomic E-state index is -0.594. The van der Waals surface area contributed by atoms with Crippen molar-refractivity contribution in [2.24, 2.45) is 0 Å². The zero-order valence-electron chi connectivity index (χ0n) is 19.6. The molecule has 0 unspecified atom stereocenters. The van der Waals surface area contributed by atoms with E-state index in [-0.39, 0.29) is 27.1 Å². The van der Waals surface area contributed by atoms with Crippen LogP contribution in [0.4, 0.5) is 17.1 Å². The van der Waals surface area contributed by atoms with Crippen molar-refractivity contribution in [2.75, 3.05) is 9.80 Å². The molecule has 0 bridgehead atoms. The summed E-state index contributed by atoms with van der Waals surface area (Å²) in [4.78, 5) is 41.3. The average molecular weight is 511 g/mol. The summed E-state index contributed by atoms with van der Waals surface area (Å²) in [6.45, 7) is 1.77. The average Bonchev–Trinajstić information content (AvgIpc) is 3.36. The normalized spacial score (nSPS) is 13.8. The Balaban J connectivity index is 1.61. The predicted octanol–water partition coefficient (Wildman–Crippen LogP) is 5.80. The Labute approximate surface area is 217 Å². The summed E-state index contributed by atoms with van der Waals surface area (Å²) in [5.41, 5.74) is 1.97. The zero-order valence-corrected chi connectivity index (χ0v) is 20.4. The van der Waals surface area contributed by atoms with Crippen molar-refractivity contribution >= 4 is 52.3 Å². The van der Waals surface area contributed by atoms with E-state index in [1.807, 2.05) is 12.1 Å². The van der Waals surface area contributed by atoms with E-state index in [0.717, 1.165) is 0 Å². The molecule has 1 aromatic heterocycles. The predicted molar refractivity (Wildman–Crippen MR) is 142 cm³/mol. The molecule has 4 aromatic rings. The maximum Gasteiger partial charge on any atom is 0.327 e. The number of rotatable bonds is 5. The number of anilines is 2. The smallest absolute Gasteiger partial charge is 0.327 e. The molecule has 0 aliphatic carbocycles. The van der Waals surface area contributed by atoms with Gasteiger partial charge in [-0.25, -0.2) is 5.21 Å². The monoisotopic (exact) mass is 510 g/mol. The van der Waals surface area contributed by atoms with Gasteiger partial charge >= 0.3 is 5.69 Å². The van der Waals surface area contributed by atoms with E-state index in [1.165, 1.54) is 21.9 Å². The first-order valence-electron chi connectivity index (χ1n) is 11.3. The molecule has 2 heterocycles. The van der Waals surface area contributed by atoms with E-state index in [0.29, 0.717) is 28.3 Å². The van der Waals surface area contributed by atoms with Crippen molar-refractivity contribution in [1.82, 2.24) is 0 Å². The maximum absolute atomic E-state index is 13.6. The molecule has 5 rings (SSSR count). The molecule has 0 spiro atoms. The highest BCUT2D eigenvalue weighted by atomic mass is 32.1. The molecule has 2 amide bonds. The molecule has 1 aliphatic heterocycles. The fourth-order valence-electron chi connectivity index (χ4n) is 4.18. The molecule has 1 fully saturated rings. The van der Waals surface area contributed by atoms with E-state index < -0.39 is 11.8 Å². The summed E-state index contributed by atoms with van der Waals surface area (Å²) in [5.74, 6) is -0.681. The van der Waals surface area contributed by atoms with Crippen LogP contribution in [0.25, 0.3) is 17.4 Å². The van der Waals surface area contributed by atoms with Crippen LogP contribution < -0.4 is 9.80 Å². The number of furan rings is 1. The lowest BCUT2D eigenvalue weighted by molar-refractivity contribution is -0.729. The van der Waals surface area contributed by atoms with Gasteiger partial charge in [-0.05, 0) is 67.2 Å². The lowest BCUT2D eigenvalue weighted by Gasteiger charge is -2.36. The largest absolute Gasteiger partial charge is 0.456 e. The summed E-state index contributed by atoms with van der Waals surface area (Å²) in [6, 6.07) is 25.7. The van der Waals surface area contributed by atoms with Crippen molar-refractivity contribution < 1.29 is 24.1 Å². The molecule has 1 saturated heterocycles. The number of thiocarbonyl (C=S) groups is 1. The Morgan fingerprint density at radius 3 is 1.92 bits per heavy atom. The van der Waals surface area contributed by atoms with E-state index in [1.54, 1.807) is 79.7 Å². The van der Waals surface area contributed by atoms with Gasteiger partial charge in [0.25, 0.3) is 16.7 Å². The van der Waals surface area contributed by atoms with Crippen LogP contribution in [0, 0.1) is 11.8 Å². The van der Waals surface area contributed by atoms with Gasteiger partial charge < -0.3 is 4.42 Å². The first-order valence-corrected chi connectivity index (χ1v) is 11.7. The second kappa shape index (κ2) is 9.63. The first kappa shape index (κ1) is 23.8. The number of benzene rings is 3. The number of aryl methyl sites for hydroxylation is 1. The minimum absolute atomic E-state index is 0.00854. The Hall–Kier alpha value is -4.89. The zero-order chi connectivity index (χ0) is 26.1. The van der Waals surface area contributed by atoms with Gasteiger partial charge in [-0.1, -0.05) is 48.5 Å². The lowest BCUT2D eigenvalue weighted by Crippen LogP contribution is -2.56. The van der Waals surface area contributed by atoms with Crippen LogP contribution in [0.3, 0.4) is 0 Å². The molecule has 0 atom stereocenters. The number of hydrogen-bond acceptors (Lipinski definition) is 5. The van der Waals surface area contributed by atoms with Crippen LogP contribution in [0.2, 0.25) is 0 Å². The van der Waals surface area contributed by atoms with Gasteiger partial charge in [0.15, 0.2) is 5.11 Å². The molecule has 1 aliphatic rings. The molecular weight excluding hydrogens is 490 g/mol. The van der Waals surface area contributed by atoms with Crippen molar-refractivity contribution in [3.05, 3.63) is 113 Å². The van der Waals surface area contributed by atoms with E-state index in [2.05, 4.69) is 0 Å². The molecule has 8 nitrogen and oxygen atoms in total. The summed E-state index contributed by atoms with van der Waals surface area (Å²) in [7, 11) is 0. The number of nitrogens with zero attached hydrogens (tertiary/aromatic N) is 3. The second-order valence-electron chi connectivity index (χ2n) is 8.24. The fraction of sp³-hybridized carbons (Fsp3) is 0.0357. The quantitative estimate of drug-likeness (QED) is 0.158. The molecule has 9 heteroatoms. The highest BCUT2D eigenvalue weighted by Crippen LogP contribution is 2.35. The standard InChI is InChI=1S/C28H20N3O5S/c1-18-9-8-14-23(31(34)35)25(18)24-16-15-21(36-24)17-22-26(32)29(19-10-4-2-5-11-19)28(37)30(27(22)33)20-12-6-3-7-13-20/h2-17H,1H3,(H,34,35)/q+1. The van der Waals surface area contributed by atoms with Crippen LogP contribution in [0.15, 0.2) is 101 Å². The fourth-order valence-corrected chi connectivity index (χ4v) is 4.56. The van der Waals surface area contributed by atoms with E-state index in [9.17, 15) is 19.7 Å². The highest BCUT2D eigenvalue weighted by Gasteiger charge is 2.41. The van der Waals surface area contributed by atoms with E-state index in [4.69, 9.17) is 16.6 Å². The van der Waals surface area contributed by atoms with Crippen molar-refractivity contribution in [1.29, 1.82) is 0 Å². The summed E-state index contributed by atoms with van der Waals surface area (Å²) in [6.07, 6.45) is 1.35. The summed E-state index contributed by atoms with van der Waals surface area (Å²) < 4.78 is 5.92. The molecular formula is C28H20N3O5S+. The molecule has 37 heavy (non-hydrogen) atoms. The lowest BCUT2D eigenvalue weighted by atomic mass is 10.0. The third-order valence-corrected chi connectivity index (χ3v) is 6.26. The van der Waals surface area contributed by atoms with Crippen LogP contribution >= 0.6 is 12.2 Å².